The molecule has 0 atom stereocenters. The second-order valence-electron chi connectivity index (χ2n) is 4.50. The molecule has 0 unspecified atom stereocenters. The first-order chi connectivity index (χ1) is 9.10. The molecule has 1 aromatic heterocycles. The number of aromatic nitrogens is 2. The van der Waals surface area contributed by atoms with Crippen molar-refractivity contribution in [2.75, 3.05) is 18.2 Å². The predicted octanol–water partition coefficient (Wildman–Crippen LogP) is 1.17. The van der Waals surface area contributed by atoms with E-state index in [2.05, 4.69) is 10.4 Å². The molecule has 0 spiro atoms. The topological polar surface area (TPSA) is 82.2 Å². The molecule has 1 amide bonds. The number of hydrogen-bond donors (Lipinski definition) is 2. The third kappa shape index (κ3) is 1.72. The van der Waals surface area contributed by atoms with Crippen molar-refractivity contribution in [1.82, 2.24) is 9.78 Å². The Hall–Kier alpha value is -2.50. The van der Waals surface area contributed by atoms with E-state index in [1.54, 1.807) is 25.0 Å². The van der Waals surface area contributed by atoms with E-state index >= 15 is 0 Å². The summed E-state index contributed by atoms with van der Waals surface area (Å²) in [6.45, 7) is 0. The van der Waals surface area contributed by atoms with Crippen LogP contribution in [0.5, 0.6) is 5.75 Å². The molecule has 0 bridgehead atoms. The van der Waals surface area contributed by atoms with E-state index < -0.39 is 0 Å². The molecule has 3 N–H and O–H groups in total. The maximum atomic E-state index is 11.5. The van der Waals surface area contributed by atoms with Crippen LogP contribution >= 0.6 is 0 Å². The van der Waals surface area contributed by atoms with E-state index in [1.807, 2.05) is 12.1 Å². The lowest BCUT2D eigenvalue weighted by molar-refractivity contribution is -0.115. The summed E-state index contributed by atoms with van der Waals surface area (Å²) in [4.78, 5) is 11.5. The van der Waals surface area contributed by atoms with Crippen molar-refractivity contribution >= 4 is 17.4 Å². The zero-order valence-electron chi connectivity index (χ0n) is 10.7. The van der Waals surface area contributed by atoms with Gasteiger partial charge in [-0.25, -0.2) is 0 Å². The number of methoxy groups -OCH3 is 1. The van der Waals surface area contributed by atoms with Crippen LogP contribution in [0.15, 0.2) is 18.3 Å². The molecule has 1 aliphatic rings. The Kier molecular flexibility index (Phi) is 2.45. The molecule has 1 aromatic carbocycles. The zero-order chi connectivity index (χ0) is 13.6. The molecule has 0 saturated carbocycles. The van der Waals surface area contributed by atoms with Crippen LogP contribution in [-0.4, -0.2) is 22.8 Å². The third-order valence-corrected chi connectivity index (χ3v) is 3.31. The fourth-order valence-corrected chi connectivity index (χ4v) is 2.30. The maximum Gasteiger partial charge on any atom is 0.228 e. The Balaban J connectivity index is 2.17. The van der Waals surface area contributed by atoms with Crippen molar-refractivity contribution in [1.29, 1.82) is 0 Å². The van der Waals surface area contributed by atoms with Gasteiger partial charge in [0.1, 0.15) is 11.6 Å². The number of rotatable bonds is 2. The van der Waals surface area contributed by atoms with Gasteiger partial charge in [-0.2, -0.15) is 5.10 Å². The van der Waals surface area contributed by atoms with Crippen LogP contribution in [-0.2, 0) is 18.3 Å². The second kappa shape index (κ2) is 4.01. The number of hydrogen-bond acceptors (Lipinski definition) is 4. The average molecular weight is 258 g/mol. The van der Waals surface area contributed by atoms with Gasteiger partial charge in [-0.1, -0.05) is 0 Å². The van der Waals surface area contributed by atoms with Crippen LogP contribution in [0, 0.1) is 0 Å². The van der Waals surface area contributed by atoms with Crippen LogP contribution in [0.25, 0.3) is 11.1 Å². The van der Waals surface area contributed by atoms with Gasteiger partial charge in [0.2, 0.25) is 5.91 Å². The number of carbonyl (C=O) groups is 1. The molecule has 19 heavy (non-hydrogen) atoms. The van der Waals surface area contributed by atoms with Gasteiger partial charge >= 0.3 is 0 Å². The molecule has 6 heteroatoms. The van der Waals surface area contributed by atoms with Crippen molar-refractivity contribution < 1.29 is 9.53 Å². The lowest BCUT2D eigenvalue weighted by Crippen LogP contribution is -2.04. The Morgan fingerprint density at radius 2 is 2.26 bits per heavy atom. The number of nitrogens with two attached hydrogens (primary N) is 1. The quantitative estimate of drug-likeness (QED) is 0.847. The SMILES string of the molecule is COc1cc(-c2cnn(C)c2N)cc2c1NC(=O)C2. The molecule has 0 saturated heterocycles. The molecule has 3 rings (SSSR count). The van der Waals surface area contributed by atoms with Crippen molar-refractivity contribution in [3.05, 3.63) is 23.9 Å². The van der Waals surface area contributed by atoms with E-state index in [1.165, 1.54) is 0 Å². The molecule has 2 aromatic rings. The summed E-state index contributed by atoms with van der Waals surface area (Å²) in [7, 11) is 3.37. The highest BCUT2D eigenvalue weighted by Crippen LogP contribution is 2.38. The smallest absolute Gasteiger partial charge is 0.228 e. The first-order valence-corrected chi connectivity index (χ1v) is 5.88. The summed E-state index contributed by atoms with van der Waals surface area (Å²) in [5, 5.41) is 6.92. The van der Waals surface area contributed by atoms with Crippen molar-refractivity contribution in [3.63, 3.8) is 0 Å². The van der Waals surface area contributed by atoms with E-state index in [-0.39, 0.29) is 5.91 Å². The molecule has 1 aliphatic heterocycles. The molecule has 6 nitrogen and oxygen atoms in total. The number of anilines is 2. The normalized spacial score (nSPS) is 13.3. The highest BCUT2D eigenvalue weighted by molar-refractivity contribution is 6.02. The average Bonchev–Trinajstić information content (AvgIpc) is 2.91. The van der Waals surface area contributed by atoms with Crippen LogP contribution < -0.4 is 15.8 Å². The summed E-state index contributed by atoms with van der Waals surface area (Å²) in [6, 6.07) is 3.81. The van der Waals surface area contributed by atoms with E-state index in [9.17, 15) is 4.79 Å². The number of ether oxygens (including phenoxy) is 1. The lowest BCUT2D eigenvalue weighted by Gasteiger charge is -2.10. The van der Waals surface area contributed by atoms with Gasteiger partial charge in [0.15, 0.2) is 0 Å². The predicted molar refractivity (Wildman–Crippen MR) is 71.9 cm³/mol. The summed E-state index contributed by atoms with van der Waals surface area (Å²) >= 11 is 0. The van der Waals surface area contributed by atoms with Gasteiger partial charge in [-0.3, -0.25) is 9.48 Å². The molecule has 0 radical (unpaired) electrons. The van der Waals surface area contributed by atoms with Crippen LogP contribution in [0.4, 0.5) is 11.5 Å². The number of benzene rings is 1. The Morgan fingerprint density at radius 3 is 2.89 bits per heavy atom. The number of nitrogens with zero attached hydrogens (tertiary/aromatic N) is 2. The Labute approximate surface area is 110 Å². The standard InChI is InChI=1S/C13H14N4O2/c1-17-13(14)9(6-15-17)7-3-8-5-11(18)16-12(8)10(4-7)19-2/h3-4,6H,5,14H2,1-2H3,(H,16,18). The minimum absolute atomic E-state index is 0.0235. The van der Waals surface area contributed by atoms with Crippen LogP contribution in [0.3, 0.4) is 0 Å². The zero-order valence-corrected chi connectivity index (χ0v) is 10.7. The Morgan fingerprint density at radius 1 is 1.47 bits per heavy atom. The highest BCUT2D eigenvalue weighted by atomic mass is 16.5. The van der Waals surface area contributed by atoms with E-state index in [0.717, 1.165) is 22.4 Å². The fraction of sp³-hybridized carbons (Fsp3) is 0.231. The summed E-state index contributed by atoms with van der Waals surface area (Å²) < 4.78 is 6.94. The third-order valence-electron chi connectivity index (χ3n) is 3.31. The highest BCUT2D eigenvalue weighted by Gasteiger charge is 2.23. The molecular weight excluding hydrogens is 244 g/mol. The molecular formula is C13H14N4O2. The summed E-state index contributed by atoms with van der Waals surface area (Å²) in [5.74, 6) is 1.20. The molecule has 0 aliphatic carbocycles. The first-order valence-electron chi connectivity index (χ1n) is 5.88. The maximum absolute atomic E-state index is 11.5. The largest absolute Gasteiger partial charge is 0.495 e. The van der Waals surface area contributed by atoms with Gasteiger partial charge in [0.05, 0.1) is 25.4 Å². The minimum atomic E-state index is -0.0235. The minimum Gasteiger partial charge on any atom is -0.495 e. The van der Waals surface area contributed by atoms with Gasteiger partial charge in [0, 0.05) is 12.6 Å². The van der Waals surface area contributed by atoms with Gasteiger partial charge < -0.3 is 15.8 Å². The Bertz CT molecular complexity index is 676. The van der Waals surface area contributed by atoms with E-state index in [0.29, 0.717) is 18.0 Å². The number of fused-ring (bicyclic) bond motifs is 1. The summed E-state index contributed by atoms with van der Waals surface area (Å²) in [6.07, 6.45) is 2.07. The number of carbonyl (C=O) groups excluding carboxylic acids is 1. The van der Waals surface area contributed by atoms with Crippen LogP contribution in [0.2, 0.25) is 0 Å². The van der Waals surface area contributed by atoms with Crippen molar-refractivity contribution in [2.45, 2.75) is 6.42 Å². The van der Waals surface area contributed by atoms with E-state index in [4.69, 9.17) is 10.5 Å². The van der Waals surface area contributed by atoms with Gasteiger partial charge in [-0.15, -0.1) is 0 Å². The number of nitrogen functional groups attached to an aromatic ring is 1. The second-order valence-corrected chi connectivity index (χ2v) is 4.50. The lowest BCUT2D eigenvalue weighted by atomic mass is 10.0. The van der Waals surface area contributed by atoms with Crippen LogP contribution in [0.1, 0.15) is 5.56 Å². The number of nitrogens with one attached hydrogen (secondary N) is 1. The molecule has 2 heterocycles. The first kappa shape index (κ1) is 11.6. The fourth-order valence-electron chi connectivity index (χ4n) is 2.30. The number of aryl methyl sites for hydroxylation is 1. The molecule has 0 fully saturated rings. The number of amides is 1. The van der Waals surface area contributed by atoms with Gasteiger partial charge in [-0.05, 0) is 23.3 Å². The van der Waals surface area contributed by atoms with Gasteiger partial charge in [0.25, 0.3) is 0 Å². The molecule has 98 valence electrons. The summed E-state index contributed by atoms with van der Waals surface area (Å²) in [5.41, 5.74) is 9.38. The van der Waals surface area contributed by atoms with Crippen molar-refractivity contribution in [2.24, 2.45) is 7.05 Å². The van der Waals surface area contributed by atoms with Crippen molar-refractivity contribution in [3.8, 4) is 16.9 Å². The monoisotopic (exact) mass is 258 g/mol.